The topological polar surface area (TPSA) is 102 Å². The molecule has 6 unspecified atom stereocenters. The molecule has 11 nitrogen and oxygen atoms in total. The Morgan fingerprint density at radius 1 is 0.350 bits per heavy atom. The van der Waals surface area contributed by atoms with Gasteiger partial charge in [0.15, 0.2) is 0 Å². The molecule has 112 valence electrons. The summed E-state index contributed by atoms with van der Waals surface area (Å²) < 4.78 is 64.0. The molecule has 0 amide bonds. The van der Waals surface area contributed by atoms with Crippen LogP contribution in [0.1, 0.15) is 0 Å². The van der Waals surface area contributed by atoms with E-state index in [4.69, 9.17) is 45.3 Å². The third-order valence-electron chi connectivity index (χ3n) is 2.99. The zero-order chi connectivity index (χ0) is 13.1. The van der Waals surface area contributed by atoms with E-state index in [2.05, 4.69) is 0 Å². The first-order valence-corrected chi connectivity index (χ1v) is 18.0. The molecule has 0 N–H and O–H groups in total. The zero-order valence-corrected chi connectivity index (χ0v) is 19.1. The maximum atomic E-state index is 5.92. The molecule has 0 aromatic heterocycles. The van der Waals surface area contributed by atoms with Crippen molar-refractivity contribution in [1.29, 1.82) is 0 Å². The van der Waals surface area contributed by atoms with Crippen molar-refractivity contribution in [3.63, 3.8) is 0 Å². The quantitative estimate of drug-likeness (QED) is 0.349. The predicted molar refractivity (Wildman–Crippen MR) is 73.9 cm³/mol. The lowest BCUT2D eigenvalue weighted by molar-refractivity contribution is 0.0724. The second-order valence-electron chi connectivity index (χ2n) is 4.32. The monoisotopic (exact) mass is 422 g/mol. The Bertz CT molecular complexity index is 244. The third kappa shape index (κ3) is 2.66. The molecule has 0 aliphatic carbocycles. The van der Waals surface area contributed by atoms with E-state index in [-0.39, 0.29) is 0 Å². The summed E-state index contributed by atoms with van der Waals surface area (Å²) in [5.41, 5.74) is 0.672. The first-order valence-electron chi connectivity index (χ1n) is 6.00. The lowest BCUT2D eigenvalue weighted by atomic mass is 11.9. The first kappa shape index (κ1) is 13.7. The highest BCUT2D eigenvalue weighted by Crippen LogP contribution is 2.26. The fourth-order valence-electron chi connectivity index (χ4n) is 2.15. The maximum absolute atomic E-state index is 5.92. The summed E-state index contributed by atoms with van der Waals surface area (Å²) in [6.07, 6.45) is 0. The smallest absolute Gasteiger partial charge is 0.399 e. The Hall–Kier alpha value is 1.30. The average Bonchev–Trinajstić information content (AvgIpc) is 2.18. The third-order valence-corrected chi connectivity index (χ3v) is 26.9. The summed E-state index contributed by atoms with van der Waals surface area (Å²) in [5.74, 6) is 0. The molecule has 0 saturated carbocycles. The van der Waals surface area contributed by atoms with Crippen molar-refractivity contribution in [2.24, 2.45) is 0 Å². The molecule has 6 aliphatic heterocycles. The molecule has 19 heteroatoms. The van der Waals surface area contributed by atoms with E-state index in [0.29, 0.717) is 5.67 Å². The second kappa shape index (κ2) is 5.43. The van der Waals surface area contributed by atoms with E-state index in [0.717, 1.165) is 0 Å². The van der Waals surface area contributed by atoms with E-state index in [9.17, 15) is 0 Å². The molecule has 8 atom stereocenters. The molecular weight excluding hydrogens is 413 g/mol. The van der Waals surface area contributed by atoms with Crippen molar-refractivity contribution < 1.29 is 45.3 Å². The van der Waals surface area contributed by atoms with Gasteiger partial charge in [0.05, 0.1) is 0 Å². The lowest BCUT2D eigenvalue weighted by Gasteiger charge is -2.45. The van der Waals surface area contributed by atoms with Crippen LogP contribution in [0.2, 0.25) is 5.67 Å². The van der Waals surface area contributed by atoms with Gasteiger partial charge in [-0.25, -0.2) is 0 Å². The number of hydrogen-bond donors (Lipinski definition) is 0. The van der Waals surface area contributed by atoms with E-state index < -0.39 is 75.7 Å². The second-order valence-corrected chi connectivity index (χ2v) is 23.4. The minimum atomic E-state index is -2.46. The van der Waals surface area contributed by atoms with Crippen LogP contribution in [0, 0.1) is 0 Å². The van der Waals surface area contributed by atoms with Gasteiger partial charge in [-0.1, -0.05) is 0 Å². The normalized spacial score (nSPS) is 57.6. The molecule has 6 aliphatic rings. The first-order chi connectivity index (χ1) is 9.80. The van der Waals surface area contributed by atoms with Crippen molar-refractivity contribution in [1.82, 2.24) is 0 Å². The van der Waals surface area contributed by atoms with E-state index in [1.807, 2.05) is 0 Å². The van der Waals surface area contributed by atoms with Crippen LogP contribution in [0.3, 0.4) is 0 Å². The molecule has 20 heavy (non-hydrogen) atoms. The van der Waals surface area contributed by atoms with Crippen molar-refractivity contribution in [3.05, 3.63) is 0 Å². The minimum absolute atomic E-state index is 0.672. The molecule has 0 aromatic carbocycles. The minimum Gasteiger partial charge on any atom is -0.399 e. The van der Waals surface area contributed by atoms with Crippen LogP contribution >= 0.6 is 0 Å². The van der Waals surface area contributed by atoms with Crippen LogP contribution in [0.25, 0.3) is 0 Å². The van der Waals surface area contributed by atoms with Gasteiger partial charge >= 0.3 is 75.7 Å². The highest BCUT2D eigenvalue weighted by atomic mass is 28.6. The van der Waals surface area contributed by atoms with Gasteiger partial charge in [-0.15, -0.1) is 0 Å². The van der Waals surface area contributed by atoms with Crippen molar-refractivity contribution in [3.8, 4) is 0 Å². The standard InChI is InChI=1S/CH10O11Si8/c1-13-2-15-6-17-4-14(1)5-18-7-16(3-13)9-19(8-15)12-20(10-17)11-18/h13-20H,1H2/t13?,14?,15-,16?,17-,18?,19?,20?/m1/s1. The van der Waals surface area contributed by atoms with Gasteiger partial charge in [0.2, 0.25) is 0 Å². The highest BCUT2D eigenvalue weighted by molar-refractivity contribution is 6.85. The van der Waals surface area contributed by atoms with Crippen LogP contribution < -0.4 is 0 Å². The van der Waals surface area contributed by atoms with Crippen LogP contribution in [-0.2, 0) is 45.3 Å². The largest absolute Gasteiger partial charge is 0.461 e. The van der Waals surface area contributed by atoms with Crippen molar-refractivity contribution in [2.45, 2.75) is 5.67 Å². The number of rotatable bonds is 0. The Balaban J connectivity index is 1.57. The van der Waals surface area contributed by atoms with Gasteiger partial charge in [0, 0.05) is 5.67 Å². The zero-order valence-electron chi connectivity index (χ0n) is 9.82. The summed E-state index contributed by atoms with van der Waals surface area (Å²) in [4.78, 5) is 0. The van der Waals surface area contributed by atoms with Crippen molar-refractivity contribution in [2.75, 3.05) is 0 Å². The fourth-order valence-corrected chi connectivity index (χ4v) is 34.9. The Labute approximate surface area is 126 Å². The van der Waals surface area contributed by atoms with Crippen LogP contribution in [0.4, 0.5) is 0 Å². The SMILES string of the molecule is C1[SiH]2O[SiH]3O[SiH]4O[SiH]1O[Si@H]1O[SiH](O4)O[SiH](O3)O[Si@H](O2)O1. The van der Waals surface area contributed by atoms with E-state index in [1.54, 1.807) is 0 Å². The van der Waals surface area contributed by atoms with E-state index in [1.165, 1.54) is 0 Å². The van der Waals surface area contributed by atoms with Crippen LogP contribution in [0.5, 0.6) is 0 Å². The van der Waals surface area contributed by atoms with Gasteiger partial charge in [-0.3, -0.25) is 0 Å². The molecule has 6 saturated heterocycles. The summed E-state index contributed by atoms with van der Waals surface area (Å²) in [7, 11) is -18.5. The molecular formula is CH10O11Si8. The van der Waals surface area contributed by atoms with Crippen LogP contribution in [-0.4, -0.2) is 75.7 Å². The average molecular weight is 423 g/mol. The highest BCUT2D eigenvalue weighted by Gasteiger charge is 2.53. The van der Waals surface area contributed by atoms with E-state index >= 15 is 0 Å². The fraction of sp³-hybridized carbons (Fsp3) is 1.00. The van der Waals surface area contributed by atoms with Crippen LogP contribution in [0.15, 0.2) is 0 Å². The number of hydrogen-bond acceptors (Lipinski definition) is 11. The van der Waals surface area contributed by atoms with Gasteiger partial charge in [-0.05, 0) is 0 Å². The van der Waals surface area contributed by atoms with Gasteiger partial charge < -0.3 is 45.3 Å². The Kier molecular flexibility index (Phi) is 3.72. The summed E-state index contributed by atoms with van der Waals surface area (Å²) in [6.45, 7) is 0. The van der Waals surface area contributed by atoms with Gasteiger partial charge in [0.1, 0.15) is 0 Å². The molecule has 6 heterocycles. The van der Waals surface area contributed by atoms with Crippen molar-refractivity contribution >= 4 is 75.7 Å². The summed E-state index contributed by atoms with van der Waals surface area (Å²) in [6, 6.07) is 0. The lowest BCUT2D eigenvalue weighted by Crippen LogP contribution is -2.67. The Morgan fingerprint density at radius 3 is 0.900 bits per heavy atom. The Morgan fingerprint density at radius 2 is 0.600 bits per heavy atom. The predicted octanol–water partition coefficient (Wildman–Crippen LogP) is -5.48. The molecule has 6 fully saturated rings. The van der Waals surface area contributed by atoms with Gasteiger partial charge in [-0.2, -0.15) is 0 Å². The molecule has 0 spiro atoms. The maximum Gasteiger partial charge on any atom is 0.461 e. The van der Waals surface area contributed by atoms with Gasteiger partial charge in [0.25, 0.3) is 0 Å². The molecule has 6 rings (SSSR count). The summed E-state index contributed by atoms with van der Waals surface area (Å²) in [5, 5.41) is 0. The molecule has 0 radical (unpaired) electrons. The molecule has 8 bridgehead atoms. The summed E-state index contributed by atoms with van der Waals surface area (Å²) >= 11 is 0. The molecule has 0 aromatic rings.